The van der Waals surface area contributed by atoms with Crippen LogP contribution in [0.5, 0.6) is 0 Å². The third-order valence-corrected chi connectivity index (χ3v) is 4.72. The van der Waals surface area contributed by atoms with Crippen LogP contribution < -0.4 is 0 Å². The molecule has 2 heterocycles. The molecule has 1 amide bonds. The van der Waals surface area contributed by atoms with Gasteiger partial charge in [0.05, 0.1) is 9.90 Å². The minimum Gasteiger partial charge on any atom is -0.480 e. The number of rotatable bonds is 2. The van der Waals surface area contributed by atoms with Gasteiger partial charge in [-0.05, 0) is 25.8 Å². The molecule has 18 heavy (non-hydrogen) atoms. The summed E-state index contributed by atoms with van der Waals surface area (Å²) in [5.74, 6) is -1.36. The fourth-order valence-electron chi connectivity index (χ4n) is 2.14. The molecule has 0 bridgehead atoms. The van der Waals surface area contributed by atoms with E-state index in [2.05, 4.69) is 0 Å². The number of carbonyl (C=O) groups excluding carboxylic acids is 1. The van der Waals surface area contributed by atoms with E-state index in [1.165, 1.54) is 11.0 Å². The van der Waals surface area contributed by atoms with Crippen LogP contribution in [0.3, 0.4) is 0 Å². The van der Waals surface area contributed by atoms with E-state index in [9.17, 15) is 14.7 Å². The Morgan fingerprint density at radius 3 is 2.67 bits per heavy atom. The zero-order chi connectivity index (χ0) is 13.5. The second-order valence-corrected chi connectivity index (χ2v) is 6.66. The third-order valence-electron chi connectivity index (χ3n) is 3.23. The Morgan fingerprint density at radius 2 is 2.17 bits per heavy atom. The summed E-state index contributed by atoms with van der Waals surface area (Å²) in [5, 5.41) is 9.26. The van der Waals surface area contributed by atoms with Gasteiger partial charge < -0.3 is 10.0 Å². The zero-order valence-electron chi connectivity index (χ0n) is 9.57. The Morgan fingerprint density at radius 1 is 1.50 bits per heavy atom. The number of thiophene rings is 1. The molecule has 0 saturated carbocycles. The molecule has 1 fully saturated rings. The molecule has 98 valence electrons. The second kappa shape index (κ2) is 4.72. The van der Waals surface area contributed by atoms with E-state index in [4.69, 9.17) is 23.2 Å². The molecular formula is C11H11Cl2NO3S. The van der Waals surface area contributed by atoms with Gasteiger partial charge in [0.1, 0.15) is 9.88 Å². The van der Waals surface area contributed by atoms with Gasteiger partial charge in [-0.2, -0.15) is 0 Å². The number of amides is 1. The number of aliphatic carboxylic acids is 1. The Bertz CT molecular complexity index is 516. The zero-order valence-corrected chi connectivity index (χ0v) is 11.9. The highest BCUT2D eigenvalue weighted by molar-refractivity contribution is 7.20. The first-order valence-corrected chi connectivity index (χ1v) is 6.93. The largest absolute Gasteiger partial charge is 0.480 e. The summed E-state index contributed by atoms with van der Waals surface area (Å²) in [7, 11) is 0. The van der Waals surface area contributed by atoms with Gasteiger partial charge in [-0.1, -0.05) is 23.2 Å². The second-order valence-electron chi connectivity index (χ2n) is 4.38. The van der Waals surface area contributed by atoms with Gasteiger partial charge in [0.2, 0.25) is 0 Å². The Kier molecular flexibility index (Phi) is 3.58. The summed E-state index contributed by atoms with van der Waals surface area (Å²) in [6.45, 7) is 1.98. The number of hydrogen-bond acceptors (Lipinski definition) is 3. The summed E-state index contributed by atoms with van der Waals surface area (Å²) < 4.78 is 0.712. The first-order valence-electron chi connectivity index (χ1n) is 5.36. The van der Waals surface area contributed by atoms with Crippen molar-refractivity contribution in [2.75, 3.05) is 6.54 Å². The lowest BCUT2D eigenvalue weighted by atomic mass is 9.99. The standard InChI is InChI=1S/C11H11Cl2NO3S/c1-11(10(16)17)3-2-4-14(11)9(15)6-5-7(12)18-8(6)13/h5H,2-4H2,1H3,(H,16,17). The average Bonchev–Trinajstić information content (AvgIpc) is 2.82. The quantitative estimate of drug-likeness (QED) is 0.913. The maximum absolute atomic E-state index is 12.3. The van der Waals surface area contributed by atoms with Crippen molar-refractivity contribution < 1.29 is 14.7 Å². The molecule has 1 N–H and O–H groups in total. The summed E-state index contributed by atoms with van der Waals surface area (Å²) in [5.41, 5.74) is -0.879. The molecule has 1 aliphatic heterocycles. The van der Waals surface area contributed by atoms with Crippen molar-refractivity contribution in [3.63, 3.8) is 0 Å². The van der Waals surface area contributed by atoms with Gasteiger partial charge in [0.15, 0.2) is 0 Å². The minimum absolute atomic E-state index is 0.279. The van der Waals surface area contributed by atoms with Crippen molar-refractivity contribution >= 4 is 46.4 Å². The van der Waals surface area contributed by atoms with Crippen molar-refractivity contribution in [1.82, 2.24) is 4.90 Å². The maximum Gasteiger partial charge on any atom is 0.329 e. The fourth-order valence-corrected chi connectivity index (χ4v) is 3.59. The van der Waals surface area contributed by atoms with E-state index < -0.39 is 11.5 Å². The minimum atomic E-state index is -1.16. The monoisotopic (exact) mass is 307 g/mol. The molecule has 1 atom stereocenters. The number of carboxylic acids is 1. The predicted octanol–water partition coefficient (Wildman–Crippen LogP) is 3.13. The molecule has 0 radical (unpaired) electrons. The molecule has 2 rings (SSSR count). The lowest BCUT2D eigenvalue weighted by Crippen LogP contribution is -2.50. The number of nitrogens with zero attached hydrogens (tertiary/aromatic N) is 1. The van der Waals surface area contributed by atoms with Gasteiger partial charge in [-0.25, -0.2) is 4.79 Å². The third kappa shape index (κ3) is 2.11. The lowest BCUT2D eigenvalue weighted by Gasteiger charge is -2.31. The van der Waals surface area contributed by atoms with Crippen LogP contribution in [0.2, 0.25) is 8.67 Å². The first-order chi connectivity index (χ1) is 8.36. The first kappa shape index (κ1) is 13.6. The summed E-state index contributed by atoms with van der Waals surface area (Å²) >= 11 is 12.8. The Labute approximate surface area is 118 Å². The Hall–Kier alpha value is -0.780. The number of carboxylic acid groups (broad SMARTS) is 1. The smallest absolute Gasteiger partial charge is 0.329 e. The number of hydrogen-bond donors (Lipinski definition) is 1. The van der Waals surface area contributed by atoms with Gasteiger partial charge in [0.25, 0.3) is 5.91 Å². The van der Waals surface area contributed by atoms with Gasteiger partial charge >= 0.3 is 5.97 Å². The van der Waals surface area contributed by atoms with Crippen LogP contribution in [0, 0.1) is 0 Å². The molecule has 1 aromatic heterocycles. The van der Waals surface area contributed by atoms with E-state index in [0.717, 1.165) is 11.3 Å². The Balaban J connectivity index is 2.34. The van der Waals surface area contributed by atoms with Crippen LogP contribution in [0.15, 0.2) is 6.07 Å². The SMILES string of the molecule is CC1(C(=O)O)CCCN1C(=O)c1cc(Cl)sc1Cl. The highest BCUT2D eigenvalue weighted by Gasteiger charge is 2.46. The highest BCUT2D eigenvalue weighted by atomic mass is 35.5. The van der Waals surface area contributed by atoms with Crippen LogP contribution in [0.4, 0.5) is 0 Å². The van der Waals surface area contributed by atoms with E-state index in [0.29, 0.717) is 28.1 Å². The number of likely N-dealkylation sites (tertiary alicyclic amines) is 1. The van der Waals surface area contributed by atoms with Crippen LogP contribution in [0.1, 0.15) is 30.1 Å². The molecule has 0 aliphatic carbocycles. The molecule has 1 aromatic rings. The van der Waals surface area contributed by atoms with Crippen molar-refractivity contribution in [2.24, 2.45) is 0 Å². The molecule has 4 nitrogen and oxygen atoms in total. The van der Waals surface area contributed by atoms with Crippen molar-refractivity contribution in [2.45, 2.75) is 25.3 Å². The van der Waals surface area contributed by atoms with Crippen molar-refractivity contribution in [1.29, 1.82) is 0 Å². The summed E-state index contributed by atoms with van der Waals surface area (Å²) in [4.78, 5) is 25.0. The molecule has 1 saturated heterocycles. The average molecular weight is 308 g/mol. The summed E-state index contributed by atoms with van der Waals surface area (Å²) in [6, 6.07) is 1.48. The molecular weight excluding hydrogens is 297 g/mol. The van der Waals surface area contributed by atoms with Gasteiger partial charge in [-0.3, -0.25) is 4.79 Å². The highest BCUT2D eigenvalue weighted by Crippen LogP contribution is 2.36. The number of halogens is 2. The normalized spacial score (nSPS) is 23.4. The van der Waals surface area contributed by atoms with Crippen molar-refractivity contribution in [3.05, 3.63) is 20.3 Å². The van der Waals surface area contributed by atoms with E-state index in [1.54, 1.807) is 6.92 Å². The van der Waals surface area contributed by atoms with E-state index in [1.807, 2.05) is 0 Å². The van der Waals surface area contributed by atoms with E-state index in [-0.39, 0.29) is 11.5 Å². The lowest BCUT2D eigenvalue weighted by molar-refractivity contribution is -0.147. The maximum atomic E-state index is 12.3. The van der Waals surface area contributed by atoms with Crippen LogP contribution >= 0.6 is 34.5 Å². The molecule has 7 heteroatoms. The van der Waals surface area contributed by atoms with Gasteiger partial charge in [-0.15, -0.1) is 11.3 Å². The van der Waals surface area contributed by atoms with Gasteiger partial charge in [0, 0.05) is 6.54 Å². The number of carbonyl (C=O) groups is 2. The molecule has 1 aliphatic rings. The summed E-state index contributed by atoms with van der Waals surface area (Å²) in [6.07, 6.45) is 1.12. The van der Waals surface area contributed by atoms with E-state index >= 15 is 0 Å². The molecule has 0 spiro atoms. The fraction of sp³-hybridized carbons (Fsp3) is 0.455. The molecule has 0 aromatic carbocycles. The predicted molar refractivity (Wildman–Crippen MR) is 70.7 cm³/mol. The van der Waals surface area contributed by atoms with Crippen molar-refractivity contribution in [3.8, 4) is 0 Å². The molecule has 1 unspecified atom stereocenters. The van der Waals surface area contributed by atoms with Crippen LogP contribution in [0.25, 0.3) is 0 Å². The van der Waals surface area contributed by atoms with Crippen LogP contribution in [-0.2, 0) is 4.79 Å². The van der Waals surface area contributed by atoms with Crippen LogP contribution in [-0.4, -0.2) is 34.0 Å². The topological polar surface area (TPSA) is 57.6 Å².